The van der Waals surface area contributed by atoms with Crippen LogP contribution in [0.4, 0.5) is 0 Å². The average molecular weight is 436 g/mol. The Hall–Kier alpha value is -3.20. The first-order valence-corrected chi connectivity index (χ1v) is 11.2. The Labute approximate surface area is 185 Å². The summed E-state index contributed by atoms with van der Waals surface area (Å²) >= 11 is 1.73. The topological polar surface area (TPSA) is 83.5 Å². The second-order valence-electron chi connectivity index (χ2n) is 7.08. The van der Waals surface area contributed by atoms with Crippen molar-refractivity contribution in [2.75, 3.05) is 12.9 Å². The van der Waals surface area contributed by atoms with Crippen LogP contribution >= 0.6 is 11.8 Å². The first kappa shape index (κ1) is 21.0. The third kappa shape index (κ3) is 5.29. The lowest BCUT2D eigenvalue weighted by atomic mass is 10.2. The highest BCUT2D eigenvalue weighted by atomic mass is 32.2. The summed E-state index contributed by atoms with van der Waals surface area (Å²) in [5.41, 5.74) is 2.01. The molecular weight excluding hydrogens is 410 g/mol. The molecule has 0 bridgehead atoms. The molecule has 0 N–H and O–H groups in total. The Morgan fingerprint density at radius 3 is 2.45 bits per heavy atom. The first-order chi connectivity index (χ1) is 15.2. The molecule has 0 fully saturated rings. The van der Waals surface area contributed by atoms with Crippen molar-refractivity contribution in [2.45, 2.75) is 31.0 Å². The van der Waals surface area contributed by atoms with Crippen molar-refractivity contribution in [1.29, 1.82) is 0 Å². The smallest absolute Gasteiger partial charge is 0.204 e. The summed E-state index contributed by atoms with van der Waals surface area (Å²) in [4.78, 5) is 1.68. The van der Waals surface area contributed by atoms with E-state index in [2.05, 4.69) is 25.6 Å². The van der Waals surface area contributed by atoms with Gasteiger partial charge in [-0.15, -0.1) is 20.4 Å². The summed E-state index contributed by atoms with van der Waals surface area (Å²) in [6, 6.07) is 17.8. The van der Waals surface area contributed by atoms with Gasteiger partial charge >= 0.3 is 0 Å². The number of methoxy groups -OCH3 is 1. The Kier molecular flexibility index (Phi) is 6.93. The van der Waals surface area contributed by atoms with Crippen molar-refractivity contribution >= 4 is 11.8 Å². The molecule has 0 aliphatic carbocycles. The third-order valence-corrected chi connectivity index (χ3v) is 6.01. The second kappa shape index (κ2) is 10.2. The Bertz CT molecular complexity index is 1090. The highest BCUT2D eigenvalue weighted by Crippen LogP contribution is 2.25. The number of aryl methyl sites for hydroxylation is 1. The molecule has 0 amide bonds. The van der Waals surface area contributed by atoms with Crippen LogP contribution in [0, 0.1) is 0 Å². The largest absolute Gasteiger partial charge is 0.497 e. The lowest BCUT2D eigenvalue weighted by Gasteiger charge is -2.05. The monoisotopic (exact) mass is 435 g/mol. The number of unbranched alkanes of at least 4 members (excludes halogenated alkanes) is 2. The summed E-state index contributed by atoms with van der Waals surface area (Å²) in [6.45, 7) is 0.774. The summed E-state index contributed by atoms with van der Waals surface area (Å²) in [5, 5.41) is 22.4. The molecule has 2 aromatic carbocycles. The maximum atomic E-state index is 5.22. The van der Waals surface area contributed by atoms with Gasteiger partial charge in [-0.3, -0.25) is 0 Å². The van der Waals surface area contributed by atoms with Crippen LogP contribution in [0.5, 0.6) is 5.75 Å². The minimum absolute atomic E-state index is 0.672. The van der Waals surface area contributed by atoms with Crippen molar-refractivity contribution < 1.29 is 4.74 Å². The number of benzene rings is 2. The normalized spacial score (nSPS) is 11.0. The molecule has 4 aromatic rings. The van der Waals surface area contributed by atoms with Gasteiger partial charge in [-0.25, -0.2) is 0 Å². The molecule has 0 spiro atoms. The zero-order valence-electron chi connectivity index (χ0n) is 17.7. The molecule has 0 aliphatic rings. The fraction of sp³-hybridized carbons (Fsp3) is 0.318. The number of rotatable bonds is 10. The van der Waals surface area contributed by atoms with Gasteiger partial charge in [-0.05, 0) is 42.3 Å². The number of aromatic nitrogens is 7. The van der Waals surface area contributed by atoms with E-state index in [0.717, 1.165) is 59.4 Å². The fourth-order valence-electron chi connectivity index (χ4n) is 3.17. The third-order valence-electron chi connectivity index (χ3n) is 4.90. The van der Waals surface area contributed by atoms with Crippen LogP contribution in [-0.2, 0) is 13.6 Å². The van der Waals surface area contributed by atoms with Gasteiger partial charge in [0.2, 0.25) is 5.82 Å². The van der Waals surface area contributed by atoms with Crippen LogP contribution in [0.1, 0.15) is 19.3 Å². The van der Waals surface area contributed by atoms with E-state index in [1.54, 1.807) is 23.7 Å². The van der Waals surface area contributed by atoms with Crippen molar-refractivity contribution in [3.05, 3.63) is 54.6 Å². The highest BCUT2D eigenvalue weighted by Gasteiger charge is 2.11. The van der Waals surface area contributed by atoms with Crippen LogP contribution in [0.25, 0.3) is 22.8 Å². The Balaban J connectivity index is 1.20. The van der Waals surface area contributed by atoms with Gasteiger partial charge in [0.1, 0.15) is 5.75 Å². The SMILES string of the molecule is COc1ccc(-c2nnc(SCCCCCn3nnc(-c4ccccc4)n3)n2C)cc1. The summed E-state index contributed by atoms with van der Waals surface area (Å²) < 4.78 is 7.25. The molecule has 4 rings (SSSR count). The molecule has 0 atom stereocenters. The van der Waals surface area contributed by atoms with E-state index in [1.165, 1.54) is 0 Å². The number of nitrogens with zero attached hydrogens (tertiary/aromatic N) is 7. The van der Waals surface area contributed by atoms with Crippen LogP contribution in [0.2, 0.25) is 0 Å². The maximum absolute atomic E-state index is 5.22. The minimum Gasteiger partial charge on any atom is -0.497 e. The van der Waals surface area contributed by atoms with Gasteiger partial charge in [0.05, 0.1) is 13.7 Å². The van der Waals surface area contributed by atoms with E-state index in [1.807, 2.05) is 66.2 Å². The molecule has 9 heteroatoms. The van der Waals surface area contributed by atoms with Gasteiger partial charge in [-0.2, -0.15) is 4.80 Å². The molecule has 0 saturated heterocycles. The van der Waals surface area contributed by atoms with E-state index in [4.69, 9.17) is 4.74 Å². The summed E-state index contributed by atoms with van der Waals surface area (Å²) in [5.74, 6) is 3.36. The lowest BCUT2D eigenvalue weighted by Crippen LogP contribution is -2.03. The maximum Gasteiger partial charge on any atom is 0.204 e. The van der Waals surface area contributed by atoms with E-state index in [9.17, 15) is 0 Å². The second-order valence-corrected chi connectivity index (χ2v) is 8.14. The molecule has 8 nitrogen and oxygen atoms in total. The van der Waals surface area contributed by atoms with Gasteiger partial charge in [0, 0.05) is 23.9 Å². The number of hydrogen-bond acceptors (Lipinski definition) is 7. The molecule has 0 saturated carbocycles. The number of tetrazole rings is 1. The van der Waals surface area contributed by atoms with E-state index in [-0.39, 0.29) is 0 Å². The molecule has 2 aromatic heterocycles. The number of ether oxygens (including phenoxy) is 1. The van der Waals surface area contributed by atoms with Crippen LogP contribution in [0.3, 0.4) is 0 Å². The Morgan fingerprint density at radius 1 is 0.871 bits per heavy atom. The predicted molar refractivity (Wildman–Crippen MR) is 121 cm³/mol. The lowest BCUT2D eigenvalue weighted by molar-refractivity contribution is 0.415. The molecule has 0 aliphatic heterocycles. The fourth-order valence-corrected chi connectivity index (χ4v) is 4.08. The number of hydrogen-bond donors (Lipinski definition) is 0. The molecule has 0 radical (unpaired) electrons. The van der Waals surface area contributed by atoms with Gasteiger partial charge in [-0.1, -0.05) is 48.5 Å². The zero-order valence-corrected chi connectivity index (χ0v) is 18.5. The molecule has 2 heterocycles. The van der Waals surface area contributed by atoms with E-state index in [0.29, 0.717) is 5.82 Å². The van der Waals surface area contributed by atoms with E-state index < -0.39 is 0 Å². The number of thioether (sulfide) groups is 1. The zero-order chi connectivity index (χ0) is 21.5. The summed E-state index contributed by atoms with van der Waals surface area (Å²) in [7, 11) is 3.67. The standard InChI is InChI=1S/C22H25N7OS/c1-28-21(18-11-13-19(30-2)14-12-18)24-25-22(28)31-16-8-4-7-15-29-26-20(23-27-29)17-9-5-3-6-10-17/h3,5-6,9-14H,4,7-8,15-16H2,1-2H3. The van der Waals surface area contributed by atoms with Crippen molar-refractivity contribution in [3.8, 4) is 28.5 Å². The quantitative estimate of drug-likeness (QED) is 0.274. The van der Waals surface area contributed by atoms with Crippen molar-refractivity contribution in [3.63, 3.8) is 0 Å². The van der Waals surface area contributed by atoms with Crippen LogP contribution < -0.4 is 4.74 Å². The van der Waals surface area contributed by atoms with Gasteiger partial charge in [0.25, 0.3) is 0 Å². The van der Waals surface area contributed by atoms with Crippen molar-refractivity contribution in [2.24, 2.45) is 7.05 Å². The van der Waals surface area contributed by atoms with Crippen molar-refractivity contribution in [1.82, 2.24) is 35.0 Å². The van der Waals surface area contributed by atoms with Gasteiger partial charge in [0.15, 0.2) is 11.0 Å². The summed E-state index contributed by atoms with van der Waals surface area (Å²) in [6.07, 6.45) is 3.20. The predicted octanol–water partition coefficient (Wildman–Crippen LogP) is 4.11. The highest BCUT2D eigenvalue weighted by molar-refractivity contribution is 7.99. The average Bonchev–Trinajstić information content (AvgIpc) is 3.44. The van der Waals surface area contributed by atoms with E-state index >= 15 is 0 Å². The molecule has 160 valence electrons. The molecule has 0 unspecified atom stereocenters. The van der Waals surface area contributed by atoms with Gasteiger partial charge < -0.3 is 9.30 Å². The first-order valence-electron chi connectivity index (χ1n) is 10.2. The minimum atomic E-state index is 0.672. The van der Waals surface area contributed by atoms with Crippen LogP contribution in [-0.4, -0.2) is 47.8 Å². The Morgan fingerprint density at radius 2 is 1.68 bits per heavy atom. The van der Waals surface area contributed by atoms with Crippen LogP contribution in [0.15, 0.2) is 59.8 Å². The molecule has 31 heavy (non-hydrogen) atoms. The molecular formula is C22H25N7OS.